The van der Waals surface area contributed by atoms with Crippen LogP contribution in [0.4, 0.5) is 0 Å². The summed E-state index contributed by atoms with van der Waals surface area (Å²) < 4.78 is 7.78. The minimum absolute atomic E-state index is 0. The van der Waals surface area contributed by atoms with Gasteiger partial charge in [-0.2, -0.15) is 0 Å². The number of aromatic nitrogens is 2. The minimum Gasteiger partial charge on any atom is -0.486 e. The van der Waals surface area contributed by atoms with Crippen LogP contribution < -0.4 is 10.1 Å². The van der Waals surface area contributed by atoms with Crippen LogP contribution in [0.2, 0.25) is 0 Å². The molecular formula is C18H28Cl2N4O. The topological polar surface area (TPSA) is 42.3 Å². The van der Waals surface area contributed by atoms with Gasteiger partial charge in [-0.05, 0) is 44.1 Å². The number of likely N-dealkylation sites (N-methyl/N-ethyl adjacent to an activating group) is 1. The minimum atomic E-state index is 0. The molecule has 0 bridgehead atoms. The van der Waals surface area contributed by atoms with Crippen LogP contribution in [-0.2, 0) is 20.2 Å². The zero-order valence-corrected chi connectivity index (χ0v) is 16.5. The summed E-state index contributed by atoms with van der Waals surface area (Å²) in [6, 6.07) is 9.06. The fraction of sp³-hybridized carbons (Fsp3) is 0.500. The SMILES string of the molecule is CNC1CCCN(Cc2ccc(OCc3nccn3C)cc2)C1.Cl.Cl. The van der Waals surface area contributed by atoms with Gasteiger partial charge in [0.1, 0.15) is 18.2 Å². The molecule has 0 amide bonds. The first-order valence-electron chi connectivity index (χ1n) is 8.32. The molecule has 1 N–H and O–H groups in total. The predicted molar refractivity (Wildman–Crippen MR) is 106 cm³/mol. The van der Waals surface area contributed by atoms with Gasteiger partial charge in [-0.3, -0.25) is 4.90 Å². The number of piperidine rings is 1. The van der Waals surface area contributed by atoms with E-state index in [0.29, 0.717) is 12.6 Å². The van der Waals surface area contributed by atoms with E-state index in [0.717, 1.165) is 24.7 Å². The second-order valence-electron chi connectivity index (χ2n) is 6.25. The number of benzene rings is 1. The van der Waals surface area contributed by atoms with Gasteiger partial charge < -0.3 is 14.6 Å². The third-order valence-corrected chi connectivity index (χ3v) is 4.53. The maximum Gasteiger partial charge on any atom is 0.146 e. The van der Waals surface area contributed by atoms with Gasteiger partial charge >= 0.3 is 0 Å². The molecule has 1 aromatic carbocycles. The van der Waals surface area contributed by atoms with Gasteiger partial charge in [-0.15, -0.1) is 24.8 Å². The van der Waals surface area contributed by atoms with Crippen molar-refractivity contribution in [3.8, 4) is 5.75 Å². The monoisotopic (exact) mass is 386 g/mol. The molecule has 1 aliphatic heterocycles. The summed E-state index contributed by atoms with van der Waals surface area (Å²) in [5, 5.41) is 3.39. The molecule has 140 valence electrons. The Balaban J connectivity index is 0.00000156. The lowest BCUT2D eigenvalue weighted by atomic mass is 10.1. The van der Waals surface area contributed by atoms with E-state index < -0.39 is 0 Å². The number of hydrogen-bond donors (Lipinski definition) is 1. The first kappa shape index (κ1) is 21.8. The van der Waals surface area contributed by atoms with Gasteiger partial charge in [0.05, 0.1) is 0 Å². The van der Waals surface area contributed by atoms with Crippen LogP contribution in [0, 0.1) is 0 Å². The lowest BCUT2D eigenvalue weighted by molar-refractivity contribution is 0.188. The number of imidazole rings is 1. The Bertz CT molecular complexity index is 618. The van der Waals surface area contributed by atoms with Crippen molar-refractivity contribution in [1.82, 2.24) is 19.8 Å². The van der Waals surface area contributed by atoms with E-state index in [9.17, 15) is 0 Å². The summed E-state index contributed by atoms with van der Waals surface area (Å²) in [7, 11) is 4.04. The summed E-state index contributed by atoms with van der Waals surface area (Å²) in [4.78, 5) is 6.79. The standard InChI is InChI=1S/C18H26N4O.2ClH/c1-19-16-4-3-10-22(13-16)12-15-5-7-17(8-6-15)23-14-18-20-9-11-21(18)2;;/h5-9,11,16,19H,3-4,10,12-14H2,1-2H3;2*1H. The Morgan fingerprint density at radius 3 is 2.64 bits per heavy atom. The van der Waals surface area contributed by atoms with Gasteiger partial charge in [0.25, 0.3) is 0 Å². The maximum atomic E-state index is 5.80. The largest absolute Gasteiger partial charge is 0.486 e. The molecule has 1 atom stereocenters. The summed E-state index contributed by atoms with van der Waals surface area (Å²) in [5.41, 5.74) is 1.34. The Labute approximate surface area is 162 Å². The second kappa shape index (κ2) is 10.7. The second-order valence-corrected chi connectivity index (χ2v) is 6.25. The Kier molecular flexibility index (Phi) is 9.28. The number of rotatable bonds is 6. The summed E-state index contributed by atoms with van der Waals surface area (Å²) in [6.07, 6.45) is 6.28. The first-order chi connectivity index (χ1) is 11.2. The number of nitrogens with one attached hydrogen (secondary N) is 1. The highest BCUT2D eigenvalue weighted by Gasteiger charge is 2.18. The van der Waals surface area contributed by atoms with Gasteiger partial charge in [-0.1, -0.05) is 12.1 Å². The fourth-order valence-electron chi connectivity index (χ4n) is 3.07. The predicted octanol–water partition coefficient (Wildman–Crippen LogP) is 3.03. The molecule has 5 nitrogen and oxygen atoms in total. The molecule has 1 unspecified atom stereocenters. The molecule has 1 aliphatic rings. The molecule has 1 aromatic heterocycles. The Morgan fingerprint density at radius 1 is 1.24 bits per heavy atom. The third kappa shape index (κ3) is 6.19. The smallest absolute Gasteiger partial charge is 0.146 e. The highest BCUT2D eigenvalue weighted by atomic mass is 35.5. The highest BCUT2D eigenvalue weighted by molar-refractivity contribution is 5.85. The van der Waals surface area contributed by atoms with Crippen molar-refractivity contribution in [3.05, 3.63) is 48.0 Å². The molecule has 2 aromatic rings. The lowest BCUT2D eigenvalue weighted by Gasteiger charge is -2.32. The van der Waals surface area contributed by atoms with Crippen molar-refractivity contribution in [3.63, 3.8) is 0 Å². The molecule has 1 fully saturated rings. The van der Waals surface area contributed by atoms with Gasteiger partial charge in [0.15, 0.2) is 0 Å². The molecule has 2 heterocycles. The van der Waals surface area contributed by atoms with Gasteiger partial charge in [0, 0.05) is 38.6 Å². The van der Waals surface area contributed by atoms with Crippen LogP contribution in [0.25, 0.3) is 0 Å². The number of likely N-dealkylation sites (tertiary alicyclic amines) is 1. The fourth-order valence-corrected chi connectivity index (χ4v) is 3.07. The zero-order chi connectivity index (χ0) is 16.1. The van der Waals surface area contributed by atoms with Crippen LogP contribution in [0.5, 0.6) is 5.75 Å². The lowest BCUT2D eigenvalue weighted by Crippen LogP contribution is -2.43. The van der Waals surface area contributed by atoms with Gasteiger partial charge in [0.2, 0.25) is 0 Å². The average molecular weight is 387 g/mol. The molecule has 0 spiro atoms. The quantitative estimate of drug-likeness (QED) is 0.828. The third-order valence-electron chi connectivity index (χ3n) is 4.53. The van der Waals surface area contributed by atoms with Gasteiger partial charge in [-0.25, -0.2) is 4.98 Å². The van der Waals surface area contributed by atoms with Crippen LogP contribution >= 0.6 is 24.8 Å². The average Bonchev–Trinajstić information content (AvgIpc) is 2.99. The van der Waals surface area contributed by atoms with E-state index >= 15 is 0 Å². The van der Waals surface area contributed by atoms with E-state index in [2.05, 4.69) is 46.5 Å². The maximum absolute atomic E-state index is 5.80. The number of nitrogens with zero attached hydrogens (tertiary/aromatic N) is 3. The van der Waals surface area contributed by atoms with Crippen molar-refractivity contribution in [1.29, 1.82) is 0 Å². The summed E-state index contributed by atoms with van der Waals surface area (Å²) in [5.74, 6) is 1.82. The van der Waals surface area contributed by atoms with Crippen LogP contribution in [0.1, 0.15) is 24.2 Å². The Morgan fingerprint density at radius 2 is 2.00 bits per heavy atom. The first-order valence-corrected chi connectivity index (χ1v) is 8.32. The van der Waals surface area contributed by atoms with Crippen LogP contribution in [0.3, 0.4) is 0 Å². The molecule has 25 heavy (non-hydrogen) atoms. The van der Waals surface area contributed by atoms with Crippen molar-refractivity contribution in [2.75, 3.05) is 20.1 Å². The molecule has 0 radical (unpaired) electrons. The molecular weight excluding hydrogens is 359 g/mol. The van der Waals surface area contributed by atoms with E-state index in [-0.39, 0.29) is 24.8 Å². The normalized spacial score (nSPS) is 17.4. The number of halogens is 2. The number of ether oxygens (including phenoxy) is 1. The summed E-state index contributed by atoms with van der Waals surface area (Å²) >= 11 is 0. The van der Waals surface area contributed by atoms with Crippen molar-refractivity contribution in [2.45, 2.75) is 32.0 Å². The number of hydrogen-bond acceptors (Lipinski definition) is 4. The molecule has 0 saturated carbocycles. The van der Waals surface area contributed by atoms with E-state index in [1.807, 2.05) is 17.8 Å². The molecule has 0 aliphatic carbocycles. The van der Waals surface area contributed by atoms with E-state index in [1.165, 1.54) is 24.9 Å². The van der Waals surface area contributed by atoms with Crippen LogP contribution in [0.15, 0.2) is 36.7 Å². The van der Waals surface area contributed by atoms with Crippen molar-refractivity contribution < 1.29 is 4.74 Å². The van der Waals surface area contributed by atoms with Crippen molar-refractivity contribution >= 4 is 24.8 Å². The molecule has 7 heteroatoms. The summed E-state index contributed by atoms with van der Waals surface area (Å²) in [6.45, 7) is 3.83. The molecule has 1 saturated heterocycles. The van der Waals surface area contributed by atoms with E-state index in [4.69, 9.17) is 4.74 Å². The zero-order valence-electron chi connectivity index (χ0n) is 14.9. The van der Waals surface area contributed by atoms with Crippen molar-refractivity contribution in [2.24, 2.45) is 7.05 Å². The number of aryl methyl sites for hydroxylation is 1. The van der Waals surface area contributed by atoms with E-state index in [1.54, 1.807) is 6.20 Å². The van der Waals surface area contributed by atoms with Crippen LogP contribution in [-0.4, -0.2) is 40.6 Å². The molecule has 3 rings (SSSR count). The highest BCUT2D eigenvalue weighted by Crippen LogP contribution is 2.17. The Hall–Kier alpha value is -1.27.